The van der Waals surface area contributed by atoms with E-state index in [4.69, 9.17) is 0 Å². The first-order valence-electron chi connectivity index (χ1n) is 7.19. The zero-order valence-electron chi connectivity index (χ0n) is 13.7. The van der Waals surface area contributed by atoms with Crippen molar-refractivity contribution < 1.29 is 18.3 Å². The molecule has 0 spiro atoms. The van der Waals surface area contributed by atoms with Crippen LogP contribution >= 0.6 is 0 Å². The van der Waals surface area contributed by atoms with Crippen LogP contribution in [0, 0.1) is 18.6 Å². The van der Waals surface area contributed by atoms with Crippen molar-refractivity contribution in [2.75, 3.05) is 12.4 Å². The van der Waals surface area contributed by atoms with E-state index in [1.54, 1.807) is 0 Å². The van der Waals surface area contributed by atoms with Crippen LogP contribution in [0.3, 0.4) is 0 Å². The van der Waals surface area contributed by atoms with Crippen LogP contribution in [0.1, 0.15) is 41.6 Å². The molecule has 0 aliphatic carbocycles. The Morgan fingerprint density at radius 3 is 2.50 bits per heavy atom. The number of hydrogen-bond donors (Lipinski definition) is 2. The van der Waals surface area contributed by atoms with E-state index in [0.29, 0.717) is 5.82 Å². The normalized spacial score (nSPS) is 10.8. The van der Waals surface area contributed by atoms with E-state index in [1.165, 1.54) is 14.0 Å². The van der Waals surface area contributed by atoms with Gasteiger partial charge in [-0.15, -0.1) is 0 Å². The molecule has 0 unspecified atom stereocenters. The molecule has 1 amide bonds. The maximum absolute atomic E-state index is 13.9. The van der Waals surface area contributed by atoms with Gasteiger partial charge in [0, 0.05) is 18.1 Å². The molecule has 0 atom stereocenters. The molecule has 0 aliphatic rings. The van der Waals surface area contributed by atoms with Crippen molar-refractivity contribution >= 4 is 11.6 Å². The number of methoxy groups -OCH3 is 1. The van der Waals surface area contributed by atoms with Gasteiger partial charge in [-0.3, -0.25) is 9.59 Å². The van der Waals surface area contributed by atoms with Crippen LogP contribution < -0.4 is 15.6 Å². The summed E-state index contributed by atoms with van der Waals surface area (Å²) in [5, 5.41) is 2.18. The zero-order valence-corrected chi connectivity index (χ0v) is 13.7. The molecule has 2 aromatic rings. The molecule has 0 bridgehead atoms. The molecule has 0 radical (unpaired) electrons. The molecule has 0 aliphatic heterocycles. The number of benzene rings is 1. The van der Waals surface area contributed by atoms with Crippen LogP contribution in [0.4, 0.5) is 14.5 Å². The van der Waals surface area contributed by atoms with Crippen molar-refractivity contribution in [3.63, 3.8) is 0 Å². The fourth-order valence-corrected chi connectivity index (χ4v) is 2.11. The van der Waals surface area contributed by atoms with Crippen molar-refractivity contribution in [1.82, 2.24) is 9.97 Å². The van der Waals surface area contributed by atoms with Gasteiger partial charge in [0.25, 0.3) is 11.5 Å². The van der Waals surface area contributed by atoms with Crippen molar-refractivity contribution in [2.24, 2.45) is 0 Å². The topological polar surface area (TPSA) is 84.1 Å². The lowest BCUT2D eigenvalue weighted by Gasteiger charge is -2.11. The highest BCUT2D eigenvalue weighted by molar-refractivity contribution is 6.04. The molecule has 24 heavy (non-hydrogen) atoms. The minimum absolute atomic E-state index is 0.0263. The smallest absolute Gasteiger partial charge is 0.264 e. The Kier molecular flexibility index (Phi) is 4.96. The molecule has 6 nitrogen and oxygen atoms in total. The maximum atomic E-state index is 13.9. The summed E-state index contributed by atoms with van der Waals surface area (Å²) in [7, 11) is 1.20. The first-order chi connectivity index (χ1) is 11.2. The fourth-order valence-electron chi connectivity index (χ4n) is 2.11. The summed E-state index contributed by atoms with van der Waals surface area (Å²) < 4.78 is 32.2. The third kappa shape index (κ3) is 3.42. The lowest BCUT2D eigenvalue weighted by Crippen LogP contribution is -2.27. The molecular weight excluding hydrogens is 320 g/mol. The summed E-state index contributed by atoms with van der Waals surface area (Å²) in [4.78, 5) is 31.0. The van der Waals surface area contributed by atoms with Gasteiger partial charge in [0.15, 0.2) is 17.4 Å². The Morgan fingerprint density at radius 2 is 1.96 bits per heavy atom. The molecule has 2 rings (SSSR count). The molecule has 1 aromatic carbocycles. The lowest BCUT2D eigenvalue weighted by molar-refractivity contribution is 0.102. The molecule has 0 fully saturated rings. The number of carbonyl (C=O) groups excluding carboxylic acids is 1. The lowest BCUT2D eigenvalue weighted by atomic mass is 10.1. The summed E-state index contributed by atoms with van der Waals surface area (Å²) >= 11 is 0. The van der Waals surface area contributed by atoms with Gasteiger partial charge in [0.05, 0.1) is 18.5 Å². The van der Waals surface area contributed by atoms with Crippen molar-refractivity contribution in [1.29, 1.82) is 0 Å². The van der Waals surface area contributed by atoms with Crippen molar-refractivity contribution in [2.45, 2.75) is 26.7 Å². The number of carbonyl (C=O) groups is 1. The van der Waals surface area contributed by atoms with E-state index in [-0.39, 0.29) is 22.9 Å². The number of hydrogen-bond acceptors (Lipinski definition) is 4. The van der Waals surface area contributed by atoms with Gasteiger partial charge >= 0.3 is 0 Å². The molecule has 1 aromatic heterocycles. The van der Waals surface area contributed by atoms with Crippen molar-refractivity contribution in [3.05, 3.63) is 51.2 Å². The summed E-state index contributed by atoms with van der Waals surface area (Å²) in [5.41, 5.74) is -1.09. The Balaban J connectivity index is 2.38. The Hall–Kier alpha value is -2.77. The molecular formula is C16H17F2N3O3. The number of H-pyrrole nitrogens is 1. The summed E-state index contributed by atoms with van der Waals surface area (Å²) in [6, 6.07) is 1.59. The molecule has 0 saturated heterocycles. The number of aryl methyl sites for hydroxylation is 1. The minimum Gasteiger partial charge on any atom is -0.494 e. The van der Waals surface area contributed by atoms with Gasteiger partial charge in [-0.2, -0.15) is 0 Å². The predicted octanol–water partition coefficient (Wildman–Crippen LogP) is 2.74. The van der Waals surface area contributed by atoms with Gasteiger partial charge in [-0.05, 0) is 6.92 Å². The average molecular weight is 337 g/mol. The predicted molar refractivity (Wildman–Crippen MR) is 84.5 cm³/mol. The van der Waals surface area contributed by atoms with Crippen LogP contribution in [0.25, 0.3) is 0 Å². The van der Waals surface area contributed by atoms with Gasteiger partial charge in [-0.25, -0.2) is 13.8 Å². The minimum atomic E-state index is -0.887. The molecule has 8 heteroatoms. The standard InChI is InChI=1S/C16H17F2N3O3/c1-7(2)14-19-8(3)13(16(23)21-14)15(22)20-11-5-10(18)12(24-4)6-9(11)17/h5-7H,1-4H3,(H,20,22)(H,19,21,23). The van der Waals surface area contributed by atoms with E-state index < -0.39 is 28.8 Å². The summed E-state index contributed by atoms with van der Waals surface area (Å²) in [6.45, 7) is 5.18. The van der Waals surface area contributed by atoms with Crippen LogP contribution in [-0.2, 0) is 0 Å². The van der Waals surface area contributed by atoms with E-state index in [9.17, 15) is 18.4 Å². The van der Waals surface area contributed by atoms with Gasteiger partial charge in [-0.1, -0.05) is 13.8 Å². The highest BCUT2D eigenvalue weighted by Gasteiger charge is 2.20. The largest absolute Gasteiger partial charge is 0.494 e. The van der Waals surface area contributed by atoms with E-state index in [2.05, 4.69) is 20.0 Å². The Bertz CT molecular complexity index is 847. The SMILES string of the molecule is COc1cc(F)c(NC(=O)c2c(C)nc(C(C)C)[nH]c2=O)cc1F. The number of amides is 1. The summed E-state index contributed by atoms with van der Waals surface area (Å²) in [6.07, 6.45) is 0. The van der Waals surface area contributed by atoms with E-state index >= 15 is 0 Å². The zero-order chi connectivity index (χ0) is 18.0. The van der Waals surface area contributed by atoms with Crippen LogP contribution in [0.15, 0.2) is 16.9 Å². The molecule has 1 heterocycles. The highest BCUT2D eigenvalue weighted by Crippen LogP contribution is 2.25. The average Bonchev–Trinajstić information content (AvgIpc) is 2.49. The van der Waals surface area contributed by atoms with Gasteiger partial charge in [0.2, 0.25) is 0 Å². The second-order valence-electron chi connectivity index (χ2n) is 5.49. The quantitative estimate of drug-likeness (QED) is 0.898. The van der Waals surface area contributed by atoms with Crippen LogP contribution in [0.2, 0.25) is 0 Å². The molecule has 128 valence electrons. The highest BCUT2D eigenvalue weighted by atomic mass is 19.1. The first-order valence-corrected chi connectivity index (χ1v) is 7.19. The van der Waals surface area contributed by atoms with Gasteiger partial charge < -0.3 is 15.0 Å². The maximum Gasteiger partial charge on any atom is 0.264 e. The number of aromatic amines is 1. The number of rotatable bonds is 4. The van der Waals surface area contributed by atoms with Crippen LogP contribution in [-0.4, -0.2) is 23.0 Å². The number of ether oxygens (including phenoxy) is 1. The number of anilines is 1. The van der Waals surface area contributed by atoms with Crippen LogP contribution in [0.5, 0.6) is 5.75 Å². The van der Waals surface area contributed by atoms with E-state index in [0.717, 1.165) is 12.1 Å². The third-order valence-electron chi connectivity index (χ3n) is 3.38. The van der Waals surface area contributed by atoms with Gasteiger partial charge in [0.1, 0.15) is 11.4 Å². The Morgan fingerprint density at radius 1 is 1.29 bits per heavy atom. The molecule has 2 N–H and O–H groups in total. The second-order valence-corrected chi connectivity index (χ2v) is 5.49. The number of aromatic nitrogens is 2. The first kappa shape index (κ1) is 17.6. The summed E-state index contributed by atoms with van der Waals surface area (Å²) in [5.74, 6) is -2.48. The van der Waals surface area contributed by atoms with E-state index in [1.807, 2.05) is 13.8 Å². The molecule has 0 saturated carbocycles. The number of halogens is 2. The second kappa shape index (κ2) is 6.77. The number of nitrogens with one attached hydrogen (secondary N) is 2. The fraction of sp³-hybridized carbons (Fsp3) is 0.312. The third-order valence-corrected chi connectivity index (χ3v) is 3.38. The Labute approximate surface area is 136 Å². The van der Waals surface area contributed by atoms with Crippen molar-refractivity contribution in [3.8, 4) is 5.75 Å². The number of nitrogens with zero attached hydrogens (tertiary/aromatic N) is 1. The monoisotopic (exact) mass is 337 g/mol.